The lowest BCUT2D eigenvalue weighted by Gasteiger charge is -2.26. The first-order valence-corrected chi connectivity index (χ1v) is 11.4. The smallest absolute Gasteiger partial charge is 0.337 e. The topological polar surface area (TPSA) is 104 Å². The Morgan fingerprint density at radius 1 is 1.00 bits per heavy atom. The van der Waals surface area contributed by atoms with E-state index < -0.39 is 28.4 Å². The van der Waals surface area contributed by atoms with Crippen molar-refractivity contribution in [2.45, 2.75) is 18.7 Å². The summed E-state index contributed by atoms with van der Waals surface area (Å²) in [6.07, 6.45) is 0. The van der Waals surface area contributed by atoms with Gasteiger partial charge in [0, 0.05) is 5.02 Å². The van der Waals surface area contributed by atoms with Crippen molar-refractivity contribution in [1.29, 1.82) is 0 Å². The average molecular weight is 473 g/mol. The minimum atomic E-state index is -4.13. The molecule has 0 atom stereocenters. The lowest BCUT2D eigenvalue weighted by Crippen LogP contribution is -2.38. The quantitative estimate of drug-likeness (QED) is 0.527. The lowest BCUT2D eigenvalue weighted by atomic mass is 10.2. The minimum Gasteiger partial charge on any atom is -0.478 e. The van der Waals surface area contributed by atoms with Gasteiger partial charge < -0.3 is 10.4 Å². The molecule has 0 aromatic heterocycles. The Morgan fingerprint density at radius 3 is 2.31 bits per heavy atom. The number of carbonyl (C=O) groups is 2. The molecule has 0 fully saturated rings. The molecule has 0 radical (unpaired) electrons. The van der Waals surface area contributed by atoms with Crippen molar-refractivity contribution < 1.29 is 23.1 Å². The number of benzene rings is 3. The van der Waals surface area contributed by atoms with E-state index in [9.17, 15) is 23.1 Å². The molecule has 0 saturated heterocycles. The molecule has 0 aliphatic carbocycles. The predicted octanol–water partition coefficient (Wildman–Crippen LogP) is 4.49. The third kappa shape index (κ3) is 5.09. The number of aromatic carboxylic acids is 1. The second-order valence-electron chi connectivity index (χ2n) is 7.15. The molecule has 166 valence electrons. The van der Waals surface area contributed by atoms with E-state index in [0.717, 1.165) is 9.87 Å². The van der Waals surface area contributed by atoms with Crippen LogP contribution in [0, 0.1) is 13.8 Å². The van der Waals surface area contributed by atoms with Crippen LogP contribution in [-0.2, 0) is 14.8 Å². The molecule has 1 amide bonds. The number of nitrogens with one attached hydrogen (secondary N) is 1. The van der Waals surface area contributed by atoms with E-state index in [4.69, 9.17) is 11.6 Å². The van der Waals surface area contributed by atoms with Crippen LogP contribution in [0.25, 0.3) is 0 Å². The van der Waals surface area contributed by atoms with Crippen LogP contribution in [-0.4, -0.2) is 31.9 Å². The summed E-state index contributed by atoms with van der Waals surface area (Å²) >= 11 is 6.11. The Bertz CT molecular complexity index is 1270. The van der Waals surface area contributed by atoms with Gasteiger partial charge >= 0.3 is 5.97 Å². The summed E-state index contributed by atoms with van der Waals surface area (Å²) in [7, 11) is -4.13. The zero-order chi connectivity index (χ0) is 23.5. The fraction of sp³-hybridized carbons (Fsp3) is 0.130. The summed E-state index contributed by atoms with van der Waals surface area (Å²) in [6, 6.07) is 16.9. The number of hydrogen-bond donors (Lipinski definition) is 2. The molecule has 32 heavy (non-hydrogen) atoms. The Hall–Kier alpha value is -3.36. The van der Waals surface area contributed by atoms with Crippen LogP contribution in [0.15, 0.2) is 71.6 Å². The van der Waals surface area contributed by atoms with Crippen molar-refractivity contribution in [2.75, 3.05) is 16.2 Å². The van der Waals surface area contributed by atoms with Crippen LogP contribution in [0.2, 0.25) is 5.02 Å². The van der Waals surface area contributed by atoms with Crippen molar-refractivity contribution in [3.05, 3.63) is 88.4 Å². The first-order valence-electron chi connectivity index (χ1n) is 9.57. The maximum atomic E-state index is 13.5. The molecule has 7 nitrogen and oxygen atoms in total. The highest BCUT2D eigenvalue weighted by atomic mass is 35.5. The van der Waals surface area contributed by atoms with Gasteiger partial charge in [0.1, 0.15) is 6.54 Å². The number of amides is 1. The number of anilines is 2. The van der Waals surface area contributed by atoms with E-state index in [2.05, 4.69) is 5.32 Å². The molecule has 0 aliphatic rings. The number of para-hydroxylation sites is 1. The number of rotatable bonds is 7. The minimum absolute atomic E-state index is 0.0150. The highest BCUT2D eigenvalue weighted by molar-refractivity contribution is 7.92. The number of carboxylic acid groups (broad SMARTS) is 1. The summed E-state index contributed by atoms with van der Waals surface area (Å²) in [4.78, 5) is 24.3. The average Bonchev–Trinajstić information content (AvgIpc) is 2.74. The molecule has 3 rings (SSSR count). The van der Waals surface area contributed by atoms with Gasteiger partial charge in [-0.05, 0) is 55.8 Å². The third-order valence-electron chi connectivity index (χ3n) is 4.77. The third-order valence-corrected chi connectivity index (χ3v) is 6.78. The molecule has 0 unspecified atom stereocenters. The molecule has 0 bridgehead atoms. The standard InChI is InChI=1S/C23H21ClN2O5S/c1-15-7-11-18(12-8-15)32(30,31)26(21-13-17(24)10-9-16(21)2)14-22(27)25-20-6-4-3-5-19(20)23(28)29/h3-13H,14H2,1-2H3,(H,25,27)(H,28,29). The zero-order valence-electron chi connectivity index (χ0n) is 17.4. The molecule has 2 N–H and O–H groups in total. The van der Waals surface area contributed by atoms with Crippen molar-refractivity contribution in [3.63, 3.8) is 0 Å². The SMILES string of the molecule is Cc1ccc(S(=O)(=O)N(CC(=O)Nc2ccccc2C(=O)O)c2cc(Cl)ccc2C)cc1. The number of nitrogens with zero attached hydrogens (tertiary/aromatic N) is 1. The monoisotopic (exact) mass is 472 g/mol. The van der Waals surface area contributed by atoms with Crippen LogP contribution in [0.5, 0.6) is 0 Å². The fourth-order valence-electron chi connectivity index (χ4n) is 3.09. The van der Waals surface area contributed by atoms with Crippen LogP contribution in [0.4, 0.5) is 11.4 Å². The van der Waals surface area contributed by atoms with E-state index in [1.165, 1.54) is 36.4 Å². The predicted molar refractivity (Wildman–Crippen MR) is 124 cm³/mol. The molecule has 0 saturated carbocycles. The van der Waals surface area contributed by atoms with Crippen LogP contribution in [0.3, 0.4) is 0 Å². The summed E-state index contributed by atoms with van der Waals surface area (Å²) in [5.41, 5.74) is 1.70. The van der Waals surface area contributed by atoms with Crippen molar-refractivity contribution >= 4 is 44.9 Å². The number of hydrogen-bond acceptors (Lipinski definition) is 4. The summed E-state index contributed by atoms with van der Waals surface area (Å²) in [5.74, 6) is -1.91. The van der Waals surface area contributed by atoms with Gasteiger partial charge in [0.2, 0.25) is 5.91 Å². The lowest BCUT2D eigenvalue weighted by molar-refractivity contribution is -0.114. The Balaban J connectivity index is 2.02. The Kier molecular flexibility index (Phi) is 6.86. The Labute approximate surface area is 191 Å². The molecule has 0 heterocycles. The molecule has 0 aliphatic heterocycles. The van der Waals surface area contributed by atoms with Crippen molar-refractivity contribution in [3.8, 4) is 0 Å². The normalized spacial score (nSPS) is 11.1. The number of carboxylic acids is 1. The number of aryl methyl sites for hydroxylation is 2. The largest absolute Gasteiger partial charge is 0.478 e. The van der Waals surface area contributed by atoms with Crippen LogP contribution >= 0.6 is 11.6 Å². The van der Waals surface area contributed by atoms with Gasteiger partial charge in [-0.25, -0.2) is 13.2 Å². The molecule has 3 aromatic rings. The Morgan fingerprint density at radius 2 is 1.66 bits per heavy atom. The molecule has 9 heteroatoms. The maximum Gasteiger partial charge on any atom is 0.337 e. The van der Waals surface area contributed by atoms with E-state index in [-0.39, 0.29) is 21.8 Å². The van der Waals surface area contributed by atoms with Crippen molar-refractivity contribution in [1.82, 2.24) is 0 Å². The van der Waals surface area contributed by atoms with E-state index in [1.54, 1.807) is 37.3 Å². The number of carbonyl (C=O) groups excluding carboxylic acids is 1. The molecular formula is C23H21ClN2O5S. The highest BCUT2D eigenvalue weighted by Crippen LogP contribution is 2.30. The second-order valence-corrected chi connectivity index (χ2v) is 9.45. The summed E-state index contributed by atoms with van der Waals surface area (Å²) < 4.78 is 27.9. The number of halogens is 1. The van der Waals surface area contributed by atoms with E-state index in [1.807, 2.05) is 6.92 Å². The molecule has 3 aromatic carbocycles. The van der Waals surface area contributed by atoms with Gasteiger partial charge in [-0.3, -0.25) is 9.10 Å². The fourth-order valence-corrected chi connectivity index (χ4v) is 4.73. The zero-order valence-corrected chi connectivity index (χ0v) is 18.9. The van der Waals surface area contributed by atoms with Gasteiger partial charge in [-0.2, -0.15) is 0 Å². The van der Waals surface area contributed by atoms with Gasteiger partial charge in [0.15, 0.2) is 0 Å². The number of sulfonamides is 1. The highest BCUT2D eigenvalue weighted by Gasteiger charge is 2.29. The summed E-state index contributed by atoms with van der Waals surface area (Å²) in [5, 5.41) is 12.1. The van der Waals surface area contributed by atoms with Gasteiger partial charge in [0.25, 0.3) is 10.0 Å². The van der Waals surface area contributed by atoms with Gasteiger partial charge in [-0.15, -0.1) is 0 Å². The van der Waals surface area contributed by atoms with E-state index >= 15 is 0 Å². The van der Waals surface area contributed by atoms with Crippen LogP contribution in [0.1, 0.15) is 21.5 Å². The first-order chi connectivity index (χ1) is 15.1. The van der Waals surface area contributed by atoms with Gasteiger partial charge in [0.05, 0.1) is 21.8 Å². The van der Waals surface area contributed by atoms with E-state index in [0.29, 0.717) is 10.6 Å². The summed E-state index contributed by atoms with van der Waals surface area (Å²) in [6.45, 7) is 2.97. The van der Waals surface area contributed by atoms with Crippen LogP contribution < -0.4 is 9.62 Å². The maximum absolute atomic E-state index is 13.5. The first kappa shape index (κ1) is 23.3. The van der Waals surface area contributed by atoms with Gasteiger partial charge in [-0.1, -0.05) is 47.5 Å². The van der Waals surface area contributed by atoms with Crippen molar-refractivity contribution in [2.24, 2.45) is 0 Å². The molecule has 0 spiro atoms. The second kappa shape index (κ2) is 9.42. The molecular weight excluding hydrogens is 452 g/mol.